The van der Waals surface area contributed by atoms with Gasteiger partial charge in [-0.2, -0.15) is 0 Å². The number of carbonyl (C=O) groups is 2. The highest BCUT2D eigenvalue weighted by molar-refractivity contribution is 6.46. The van der Waals surface area contributed by atoms with E-state index in [1.54, 1.807) is 37.3 Å². The van der Waals surface area contributed by atoms with E-state index in [2.05, 4.69) is 4.90 Å². The highest BCUT2D eigenvalue weighted by Crippen LogP contribution is 2.41. The third kappa shape index (κ3) is 4.46. The van der Waals surface area contributed by atoms with Crippen LogP contribution in [0.25, 0.3) is 5.76 Å². The van der Waals surface area contributed by atoms with Crippen molar-refractivity contribution in [3.8, 4) is 11.5 Å². The van der Waals surface area contributed by atoms with E-state index in [-0.39, 0.29) is 11.3 Å². The SMILES string of the molecule is COc1ccc(/C(O)=C2\C(=O)C(=O)N(CCN3CCOCC3)[C@H]2c2ccc(C)o2)cc1OC. The van der Waals surface area contributed by atoms with Crippen molar-refractivity contribution in [2.75, 3.05) is 53.6 Å². The van der Waals surface area contributed by atoms with Gasteiger partial charge in [0.25, 0.3) is 11.7 Å². The first-order chi connectivity index (χ1) is 15.9. The van der Waals surface area contributed by atoms with Crippen molar-refractivity contribution in [1.82, 2.24) is 9.80 Å². The van der Waals surface area contributed by atoms with E-state index in [4.69, 9.17) is 18.6 Å². The Bertz CT molecular complexity index is 1070. The Morgan fingerprint density at radius 2 is 1.79 bits per heavy atom. The van der Waals surface area contributed by atoms with E-state index < -0.39 is 17.7 Å². The third-order valence-electron chi connectivity index (χ3n) is 5.99. The van der Waals surface area contributed by atoms with Crippen LogP contribution < -0.4 is 9.47 Å². The highest BCUT2D eigenvalue weighted by atomic mass is 16.5. The number of Topliss-reactive ketones (excluding diaryl/α,β-unsaturated/α-hetero) is 1. The molecule has 1 N–H and O–H groups in total. The maximum Gasteiger partial charge on any atom is 0.295 e. The molecule has 2 aliphatic heterocycles. The van der Waals surface area contributed by atoms with Gasteiger partial charge in [0, 0.05) is 31.7 Å². The average molecular weight is 456 g/mol. The Balaban J connectivity index is 1.73. The zero-order chi connectivity index (χ0) is 23.5. The molecule has 0 unspecified atom stereocenters. The monoisotopic (exact) mass is 456 g/mol. The largest absolute Gasteiger partial charge is 0.507 e. The third-order valence-corrected chi connectivity index (χ3v) is 5.99. The smallest absolute Gasteiger partial charge is 0.295 e. The molecule has 0 radical (unpaired) electrons. The number of benzene rings is 1. The Labute approximate surface area is 192 Å². The highest BCUT2D eigenvalue weighted by Gasteiger charge is 2.47. The zero-order valence-corrected chi connectivity index (χ0v) is 19.0. The summed E-state index contributed by atoms with van der Waals surface area (Å²) in [7, 11) is 2.99. The van der Waals surface area contributed by atoms with E-state index in [1.807, 2.05) is 0 Å². The van der Waals surface area contributed by atoms with Crippen molar-refractivity contribution >= 4 is 17.4 Å². The summed E-state index contributed by atoms with van der Waals surface area (Å²) < 4.78 is 21.8. The number of aliphatic hydroxyl groups excluding tert-OH is 1. The first kappa shape index (κ1) is 22.9. The number of likely N-dealkylation sites (tertiary alicyclic amines) is 1. The molecule has 1 atom stereocenters. The van der Waals surface area contributed by atoms with Crippen LogP contribution in [0.3, 0.4) is 0 Å². The molecule has 2 fully saturated rings. The molecule has 9 nitrogen and oxygen atoms in total. The Kier molecular flexibility index (Phi) is 6.71. The van der Waals surface area contributed by atoms with Crippen LogP contribution in [0.4, 0.5) is 0 Å². The Morgan fingerprint density at radius 3 is 2.42 bits per heavy atom. The second-order valence-corrected chi connectivity index (χ2v) is 7.96. The number of furan rings is 1. The van der Waals surface area contributed by atoms with Gasteiger partial charge in [-0.3, -0.25) is 14.5 Å². The van der Waals surface area contributed by atoms with Crippen LogP contribution in [0.2, 0.25) is 0 Å². The normalized spacial score (nSPS) is 20.9. The minimum atomic E-state index is -0.826. The molecule has 2 aliphatic rings. The van der Waals surface area contributed by atoms with Crippen LogP contribution in [0.5, 0.6) is 11.5 Å². The second kappa shape index (κ2) is 9.68. The van der Waals surface area contributed by atoms with Crippen LogP contribution in [0, 0.1) is 6.92 Å². The summed E-state index contributed by atoms with van der Waals surface area (Å²) >= 11 is 0. The number of ketones is 1. The topological polar surface area (TPSA) is 102 Å². The molecule has 0 spiro atoms. The van der Waals surface area contributed by atoms with E-state index in [9.17, 15) is 14.7 Å². The molecule has 1 aromatic heterocycles. The van der Waals surface area contributed by atoms with Crippen LogP contribution in [0.15, 0.2) is 40.3 Å². The molecule has 0 saturated carbocycles. The summed E-state index contributed by atoms with van der Waals surface area (Å²) in [6.45, 7) is 5.50. The van der Waals surface area contributed by atoms with Gasteiger partial charge in [0.1, 0.15) is 23.3 Å². The van der Waals surface area contributed by atoms with Gasteiger partial charge < -0.3 is 28.6 Å². The van der Waals surface area contributed by atoms with Gasteiger partial charge in [0.2, 0.25) is 0 Å². The van der Waals surface area contributed by atoms with Crippen molar-refractivity contribution in [2.24, 2.45) is 0 Å². The molecule has 0 aliphatic carbocycles. The van der Waals surface area contributed by atoms with Gasteiger partial charge in [0.05, 0.1) is 33.0 Å². The fraction of sp³-hybridized carbons (Fsp3) is 0.417. The molecular weight excluding hydrogens is 428 g/mol. The number of aliphatic hydroxyl groups is 1. The first-order valence-electron chi connectivity index (χ1n) is 10.8. The summed E-state index contributed by atoms with van der Waals surface area (Å²) in [5.41, 5.74) is 0.329. The van der Waals surface area contributed by atoms with Crippen LogP contribution in [-0.2, 0) is 14.3 Å². The number of ether oxygens (including phenoxy) is 3. The predicted octanol–water partition coefficient (Wildman–Crippen LogP) is 2.36. The molecule has 9 heteroatoms. The quantitative estimate of drug-likeness (QED) is 0.385. The lowest BCUT2D eigenvalue weighted by atomic mass is 9.99. The van der Waals surface area contributed by atoms with E-state index in [1.165, 1.54) is 19.1 Å². The number of hydrogen-bond donors (Lipinski definition) is 1. The van der Waals surface area contributed by atoms with Crippen molar-refractivity contribution in [3.05, 3.63) is 53.0 Å². The van der Waals surface area contributed by atoms with Gasteiger partial charge in [-0.05, 0) is 37.3 Å². The lowest BCUT2D eigenvalue weighted by molar-refractivity contribution is -0.140. The summed E-state index contributed by atoms with van der Waals surface area (Å²) in [5.74, 6) is 0.257. The molecule has 2 saturated heterocycles. The van der Waals surface area contributed by atoms with Crippen molar-refractivity contribution < 1.29 is 33.3 Å². The fourth-order valence-electron chi connectivity index (χ4n) is 4.22. The summed E-state index contributed by atoms with van der Waals surface area (Å²) in [5, 5.41) is 11.2. The van der Waals surface area contributed by atoms with Gasteiger partial charge in [-0.25, -0.2) is 0 Å². The van der Waals surface area contributed by atoms with Gasteiger partial charge >= 0.3 is 0 Å². The van der Waals surface area contributed by atoms with Crippen LogP contribution in [0.1, 0.15) is 23.1 Å². The van der Waals surface area contributed by atoms with Crippen LogP contribution >= 0.6 is 0 Å². The van der Waals surface area contributed by atoms with Crippen LogP contribution in [-0.4, -0.2) is 80.2 Å². The van der Waals surface area contributed by atoms with E-state index >= 15 is 0 Å². The number of methoxy groups -OCH3 is 2. The van der Waals surface area contributed by atoms with Crippen molar-refractivity contribution in [1.29, 1.82) is 0 Å². The minimum absolute atomic E-state index is 0.0106. The lowest BCUT2D eigenvalue weighted by Crippen LogP contribution is -2.42. The number of nitrogens with zero attached hydrogens (tertiary/aromatic N) is 2. The van der Waals surface area contributed by atoms with E-state index in [0.717, 1.165) is 13.1 Å². The molecule has 4 rings (SSSR count). The average Bonchev–Trinajstić information content (AvgIpc) is 3.38. The van der Waals surface area contributed by atoms with Crippen molar-refractivity contribution in [3.63, 3.8) is 0 Å². The lowest BCUT2D eigenvalue weighted by Gasteiger charge is -2.30. The Morgan fingerprint density at radius 1 is 1.06 bits per heavy atom. The molecule has 1 amide bonds. The minimum Gasteiger partial charge on any atom is -0.507 e. The van der Waals surface area contributed by atoms with Crippen molar-refractivity contribution in [2.45, 2.75) is 13.0 Å². The second-order valence-electron chi connectivity index (χ2n) is 7.96. The molecule has 33 heavy (non-hydrogen) atoms. The molecule has 1 aromatic carbocycles. The number of amides is 1. The number of morpholine rings is 1. The number of carbonyl (C=O) groups excluding carboxylic acids is 2. The maximum atomic E-state index is 13.1. The molecule has 176 valence electrons. The number of rotatable bonds is 7. The molecular formula is C24H28N2O7. The van der Waals surface area contributed by atoms with E-state index in [0.29, 0.717) is 54.9 Å². The molecule has 0 bridgehead atoms. The standard InChI is InChI=1S/C24H28N2O7/c1-15-4-6-18(33-15)21-20(22(27)16-5-7-17(30-2)19(14-16)31-3)23(28)24(29)26(21)9-8-25-10-12-32-13-11-25/h4-7,14,21,27H,8-13H2,1-3H3/b22-20+/t21-/m0/s1. The fourth-order valence-corrected chi connectivity index (χ4v) is 4.22. The number of aryl methyl sites for hydroxylation is 1. The zero-order valence-electron chi connectivity index (χ0n) is 19.0. The maximum absolute atomic E-state index is 13.1. The van der Waals surface area contributed by atoms with Gasteiger partial charge in [-0.15, -0.1) is 0 Å². The summed E-state index contributed by atoms with van der Waals surface area (Å²) in [6.07, 6.45) is 0. The molecule has 2 aromatic rings. The summed E-state index contributed by atoms with van der Waals surface area (Å²) in [4.78, 5) is 29.8. The number of hydrogen-bond acceptors (Lipinski definition) is 8. The first-order valence-corrected chi connectivity index (χ1v) is 10.8. The Hall–Kier alpha value is -3.30. The predicted molar refractivity (Wildman–Crippen MR) is 119 cm³/mol. The van der Waals surface area contributed by atoms with Gasteiger partial charge in [-0.1, -0.05) is 0 Å². The van der Waals surface area contributed by atoms with Gasteiger partial charge in [0.15, 0.2) is 11.5 Å². The summed E-state index contributed by atoms with van der Waals surface area (Å²) in [6, 6.07) is 7.49. The molecule has 3 heterocycles.